The van der Waals surface area contributed by atoms with Gasteiger partial charge in [-0.2, -0.15) is 0 Å². The maximum absolute atomic E-state index is 12.7. The van der Waals surface area contributed by atoms with E-state index in [9.17, 15) is 9.59 Å². The second-order valence-corrected chi connectivity index (χ2v) is 7.38. The number of benzene rings is 2. The van der Waals surface area contributed by atoms with E-state index in [0.29, 0.717) is 32.7 Å². The molecule has 0 unspecified atom stereocenters. The standard InChI is InChI=1S/C19H14ClN3O3S/c1-10-17(27-19(21-10)11-3-2-4-12(20)7-11)18(25)22-13-5-6-15-14(8-13)23-16(24)9-26-15/h2-8H,9H2,1H3,(H,22,25)(H,23,24). The molecular formula is C19H14ClN3O3S. The molecule has 136 valence electrons. The third-order valence-corrected chi connectivity index (χ3v) is 5.39. The van der Waals surface area contributed by atoms with Crippen molar-refractivity contribution in [3.63, 3.8) is 0 Å². The summed E-state index contributed by atoms with van der Waals surface area (Å²) in [5.74, 6) is 0.0848. The van der Waals surface area contributed by atoms with Crippen LogP contribution in [0.5, 0.6) is 5.75 Å². The highest BCUT2D eigenvalue weighted by atomic mass is 35.5. The Balaban J connectivity index is 1.57. The molecule has 0 aliphatic carbocycles. The number of anilines is 2. The van der Waals surface area contributed by atoms with Gasteiger partial charge in [0, 0.05) is 16.3 Å². The second-order valence-electron chi connectivity index (χ2n) is 5.95. The molecule has 4 rings (SSSR count). The Hall–Kier alpha value is -2.90. The number of hydrogen-bond donors (Lipinski definition) is 2. The minimum Gasteiger partial charge on any atom is -0.482 e. The minimum absolute atomic E-state index is 0.00888. The van der Waals surface area contributed by atoms with Gasteiger partial charge in [0.15, 0.2) is 6.61 Å². The van der Waals surface area contributed by atoms with Gasteiger partial charge in [0.05, 0.1) is 11.4 Å². The quantitative estimate of drug-likeness (QED) is 0.685. The van der Waals surface area contributed by atoms with Crippen molar-refractivity contribution in [1.82, 2.24) is 4.98 Å². The first-order valence-electron chi connectivity index (χ1n) is 8.11. The molecule has 0 saturated heterocycles. The number of fused-ring (bicyclic) bond motifs is 1. The summed E-state index contributed by atoms with van der Waals surface area (Å²) >= 11 is 7.34. The molecule has 1 aromatic heterocycles. The van der Waals surface area contributed by atoms with E-state index in [2.05, 4.69) is 15.6 Å². The predicted molar refractivity (Wildman–Crippen MR) is 106 cm³/mol. The Labute approximate surface area is 164 Å². The Kier molecular flexibility index (Phi) is 4.55. The SMILES string of the molecule is Cc1nc(-c2cccc(Cl)c2)sc1C(=O)Nc1ccc2c(c1)NC(=O)CO2. The van der Waals surface area contributed by atoms with Crippen LogP contribution in [0.4, 0.5) is 11.4 Å². The van der Waals surface area contributed by atoms with Crippen LogP contribution in [0.1, 0.15) is 15.4 Å². The van der Waals surface area contributed by atoms with Crippen LogP contribution in [0.25, 0.3) is 10.6 Å². The first kappa shape index (κ1) is 17.5. The summed E-state index contributed by atoms with van der Waals surface area (Å²) in [6.07, 6.45) is 0. The molecular weight excluding hydrogens is 386 g/mol. The molecule has 3 aromatic rings. The van der Waals surface area contributed by atoms with Crippen molar-refractivity contribution >= 4 is 46.1 Å². The molecule has 0 saturated carbocycles. The van der Waals surface area contributed by atoms with Crippen LogP contribution in [-0.2, 0) is 4.79 Å². The average molecular weight is 400 g/mol. The highest BCUT2D eigenvalue weighted by Gasteiger charge is 2.19. The summed E-state index contributed by atoms with van der Waals surface area (Å²) in [7, 11) is 0. The predicted octanol–water partition coefficient (Wildman–Crippen LogP) is 4.36. The summed E-state index contributed by atoms with van der Waals surface area (Å²) in [5.41, 5.74) is 2.59. The minimum atomic E-state index is -0.263. The summed E-state index contributed by atoms with van der Waals surface area (Å²) in [6.45, 7) is 1.78. The lowest BCUT2D eigenvalue weighted by Crippen LogP contribution is -2.25. The van der Waals surface area contributed by atoms with Crippen molar-refractivity contribution in [2.24, 2.45) is 0 Å². The van der Waals surface area contributed by atoms with Gasteiger partial charge in [-0.3, -0.25) is 9.59 Å². The van der Waals surface area contributed by atoms with E-state index in [1.165, 1.54) is 11.3 Å². The fraction of sp³-hybridized carbons (Fsp3) is 0.105. The van der Waals surface area contributed by atoms with Crippen LogP contribution in [0, 0.1) is 6.92 Å². The number of halogens is 1. The number of aryl methyl sites for hydroxylation is 1. The molecule has 0 fully saturated rings. The number of aromatic nitrogens is 1. The highest BCUT2D eigenvalue weighted by Crippen LogP contribution is 2.32. The van der Waals surface area contributed by atoms with Crippen molar-refractivity contribution in [2.45, 2.75) is 6.92 Å². The zero-order valence-corrected chi connectivity index (χ0v) is 15.8. The number of carbonyl (C=O) groups is 2. The molecule has 2 N–H and O–H groups in total. The molecule has 2 aromatic carbocycles. The van der Waals surface area contributed by atoms with E-state index in [0.717, 1.165) is 10.6 Å². The molecule has 2 amide bonds. The lowest BCUT2D eigenvalue weighted by molar-refractivity contribution is -0.118. The van der Waals surface area contributed by atoms with E-state index < -0.39 is 0 Å². The van der Waals surface area contributed by atoms with Gasteiger partial charge in [-0.05, 0) is 37.3 Å². The summed E-state index contributed by atoms with van der Waals surface area (Å²) in [4.78, 5) is 29.1. The third kappa shape index (κ3) is 3.65. The number of hydrogen-bond acceptors (Lipinski definition) is 5. The van der Waals surface area contributed by atoms with Crippen LogP contribution >= 0.6 is 22.9 Å². The van der Waals surface area contributed by atoms with Crippen LogP contribution in [0.2, 0.25) is 5.02 Å². The zero-order chi connectivity index (χ0) is 19.0. The molecule has 8 heteroatoms. The maximum Gasteiger partial charge on any atom is 0.267 e. The smallest absolute Gasteiger partial charge is 0.267 e. The summed E-state index contributed by atoms with van der Waals surface area (Å²) in [5, 5.41) is 6.90. The molecule has 1 aliphatic heterocycles. The van der Waals surface area contributed by atoms with Gasteiger partial charge < -0.3 is 15.4 Å². The van der Waals surface area contributed by atoms with Crippen molar-refractivity contribution in [1.29, 1.82) is 0 Å². The number of thiazole rings is 1. The lowest BCUT2D eigenvalue weighted by atomic mass is 10.2. The van der Waals surface area contributed by atoms with Crippen molar-refractivity contribution in [3.8, 4) is 16.3 Å². The van der Waals surface area contributed by atoms with Crippen LogP contribution < -0.4 is 15.4 Å². The Morgan fingerprint density at radius 1 is 1.30 bits per heavy atom. The first-order chi connectivity index (χ1) is 13.0. The van der Waals surface area contributed by atoms with E-state index in [1.54, 1.807) is 31.2 Å². The molecule has 2 heterocycles. The first-order valence-corrected chi connectivity index (χ1v) is 9.30. The fourth-order valence-corrected chi connectivity index (χ4v) is 3.85. The number of rotatable bonds is 3. The fourth-order valence-electron chi connectivity index (χ4n) is 2.70. The van der Waals surface area contributed by atoms with Crippen molar-refractivity contribution in [2.75, 3.05) is 17.2 Å². The second kappa shape index (κ2) is 7.02. The number of carbonyl (C=O) groups excluding carboxylic acids is 2. The van der Waals surface area contributed by atoms with Gasteiger partial charge in [-0.1, -0.05) is 23.7 Å². The van der Waals surface area contributed by atoms with E-state index >= 15 is 0 Å². The topological polar surface area (TPSA) is 80.3 Å². The van der Waals surface area contributed by atoms with E-state index in [4.69, 9.17) is 16.3 Å². The van der Waals surface area contributed by atoms with Crippen molar-refractivity contribution in [3.05, 3.63) is 58.1 Å². The van der Waals surface area contributed by atoms with Gasteiger partial charge in [-0.25, -0.2) is 4.98 Å². The Bertz CT molecular complexity index is 1060. The van der Waals surface area contributed by atoms with E-state index in [1.807, 2.05) is 18.2 Å². The van der Waals surface area contributed by atoms with Gasteiger partial charge >= 0.3 is 0 Å². The monoisotopic (exact) mass is 399 g/mol. The van der Waals surface area contributed by atoms with Gasteiger partial charge in [-0.15, -0.1) is 11.3 Å². The Morgan fingerprint density at radius 3 is 2.96 bits per heavy atom. The largest absolute Gasteiger partial charge is 0.482 e. The Morgan fingerprint density at radius 2 is 2.15 bits per heavy atom. The molecule has 0 spiro atoms. The summed E-state index contributed by atoms with van der Waals surface area (Å²) in [6, 6.07) is 12.4. The number of ether oxygens (including phenoxy) is 1. The van der Waals surface area contributed by atoms with Crippen LogP contribution in [-0.4, -0.2) is 23.4 Å². The molecule has 1 aliphatic rings. The van der Waals surface area contributed by atoms with Gasteiger partial charge in [0.2, 0.25) is 0 Å². The molecule has 6 nitrogen and oxygen atoms in total. The highest BCUT2D eigenvalue weighted by molar-refractivity contribution is 7.17. The number of amides is 2. The lowest BCUT2D eigenvalue weighted by Gasteiger charge is -2.18. The molecule has 0 atom stereocenters. The normalized spacial score (nSPS) is 12.7. The average Bonchev–Trinajstić information content (AvgIpc) is 3.03. The molecule has 0 bridgehead atoms. The maximum atomic E-state index is 12.7. The van der Waals surface area contributed by atoms with Gasteiger partial charge in [0.25, 0.3) is 11.8 Å². The summed E-state index contributed by atoms with van der Waals surface area (Å²) < 4.78 is 5.32. The molecule has 0 radical (unpaired) electrons. The van der Waals surface area contributed by atoms with Crippen molar-refractivity contribution < 1.29 is 14.3 Å². The van der Waals surface area contributed by atoms with E-state index in [-0.39, 0.29) is 18.4 Å². The number of nitrogens with zero attached hydrogens (tertiary/aromatic N) is 1. The molecule has 27 heavy (non-hydrogen) atoms. The van der Waals surface area contributed by atoms with Crippen LogP contribution in [0.15, 0.2) is 42.5 Å². The zero-order valence-electron chi connectivity index (χ0n) is 14.2. The third-order valence-electron chi connectivity index (χ3n) is 3.94. The number of nitrogens with one attached hydrogen (secondary N) is 2. The van der Waals surface area contributed by atoms with Crippen LogP contribution in [0.3, 0.4) is 0 Å². The van der Waals surface area contributed by atoms with Gasteiger partial charge in [0.1, 0.15) is 15.6 Å².